The summed E-state index contributed by atoms with van der Waals surface area (Å²) in [5.41, 5.74) is 0. The van der Waals surface area contributed by atoms with Crippen LogP contribution in [0.2, 0.25) is 0 Å². The summed E-state index contributed by atoms with van der Waals surface area (Å²) in [5.74, 6) is 0. The average Bonchev–Trinajstić information content (AvgIpc) is 3.09. The lowest BCUT2D eigenvalue weighted by Gasteiger charge is -2.30. The molecular formula is C44H93N2O5P. The molecule has 0 aromatic heterocycles. The quantitative estimate of drug-likeness (QED) is 0.0378. The summed E-state index contributed by atoms with van der Waals surface area (Å²) >= 11 is 0. The van der Waals surface area contributed by atoms with Gasteiger partial charge in [-0.1, -0.05) is 206 Å². The molecule has 0 spiro atoms. The standard InChI is InChI=1S/C44H93N2O5P/c1-6-8-10-12-14-16-18-20-22-23-24-25-27-29-31-33-35-37-40-49-43-44(51-52(47,48)50-41-39-46(3,4)5)42-45-38-36-34-32-30-28-26-21-19-17-15-13-11-9-7-2/h44-45H,6-43H2,1-5H3. The van der Waals surface area contributed by atoms with Gasteiger partial charge in [0.25, 0.3) is 7.82 Å². The fraction of sp³-hybridized carbons (Fsp3) is 1.00. The van der Waals surface area contributed by atoms with Gasteiger partial charge in [0, 0.05) is 13.2 Å². The van der Waals surface area contributed by atoms with Gasteiger partial charge in [-0.05, 0) is 19.4 Å². The Hall–Kier alpha value is -0.0100. The molecule has 0 saturated carbocycles. The van der Waals surface area contributed by atoms with Crippen LogP contribution in [0.5, 0.6) is 0 Å². The zero-order chi connectivity index (χ0) is 38.3. The Bertz CT molecular complexity index is 751. The van der Waals surface area contributed by atoms with Crippen LogP contribution in [0, 0.1) is 0 Å². The van der Waals surface area contributed by atoms with E-state index in [9.17, 15) is 9.46 Å². The number of hydrogen-bond donors (Lipinski definition) is 1. The smallest absolute Gasteiger partial charge is 0.268 e. The number of rotatable bonds is 44. The van der Waals surface area contributed by atoms with Crippen molar-refractivity contribution in [3.8, 4) is 0 Å². The van der Waals surface area contributed by atoms with Crippen LogP contribution in [0.3, 0.4) is 0 Å². The zero-order valence-corrected chi connectivity index (χ0v) is 36.8. The highest BCUT2D eigenvalue weighted by atomic mass is 31.2. The first-order valence-corrected chi connectivity index (χ1v) is 24.4. The number of nitrogens with zero attached hydrogens (tertiary/aromatic N) is 1. The maximum Gasteiger partial charge on any atom is 0.268 e. The SMILES string of the molecule is CCCCCCCCCCCCCCCCCCCCOCC(CNCCCCCCCCCCCCCCCC)OP(=O)([O-])OCC[N+](C)(C)C. The molecule has 1 N–H and O–H groups in total. The molecule has 2 unspecified atom stereocenters. The van der Waals surface area contributed by atoms with Crippen molar-refractivity contribution < 1.29 is 27.7 Å². The summed E-state index contributed by atoms with van der Waals surface area (Å²) in [4.78, 5) is 12.6. The van der Waals surface area contributed by atoms with E-state index in [-0.39, 0.29) is 13.2 Å². The van der Waals surface area contributed by atoms with Crippen molar-refractivity contribution in [1.29, 1.82) is 0 Å². The van der Waals surface area contributed by atoms with Crippen molar-refractivity contribution in [2.45, 2.75) is 225 Å². The van der Waals surface area contributed by atoms with Gasteiger partial charge in [-0.15, -0.1) is 0 Å². The number of phosphoric acid groups is 1. The monoisotopic (exact) mass is 761 g/mol. The molecule has 8 heteroatoms. The second kappa shape index (κ2) is 39.2. The summed E-state index contributed by atoms with van der Waals surface area (Å²) in [5, 5.41) is 3.42. The zero-order valence-electron chi connectivity index (χ0n) is 35.9. The fourth-order valence-corrected chi connectivity index (χ4v) is 7.66. The third kappa shape index (κ3) is 42.7. The number of phosphoric ester groups is 1. The molecular weight excluding hydrogens is 667 g/mol. The minimum Gasteiger partial charge on any atom is -0.756 e. The highest BCUT2D eigenvalue weighted by Crippen LogP contribution is 2.39. The molecule has 0 radical (unpaired) electrons. The van der Waals surface area contributed by atoms with E-state index in [4.69, 9.17) is 13.8 Å². The molecule has 0 fully saturated rings. The van der Waals surface area contributed by atoms with Gasteiger partial charge >= 0.3 is 0 Å². The minimum absolute atomic E-state index is 0.115. The molecule has 7 nitrogen and oxygen atoms in total. The van der Waals surface area contributed by atoms with Crippen molar-refractivity contribution in [1.82, 2.24) is 5.32 Å². The number of nitrogens with one attached hydrogen (secondary N) is 1. The van der Waals surface area contributed by atoms with Crippen LogP contribution in [-0.2, 0) is 18.3 Å². The molecule has 52 heavy (non-hydrogen) atoms. The molecule has 0 heterocycles. The first-order chi connectivity index (χ1) is 25.2. The van der Waals surface area contributed by atoms with Gasteiger partial charge in [-0.25, -0.2) is 0 Å². The summed E-state index contributed by atoms with van der Waals surface area (Å²) in [6, 6.07) is 0. The van der Waals surface area contributed by atoms with Crippen molar-refractivity contribution in [2.75, 3.05) is 60.6 Å². The molecule has 0 aliphatic rings. The molecule has 0 aliphatic carbocycles. The van der Waals surface area contributed by atoms with E-state index in [1.165, 1.54) is 186 Å². The van der Waals surface area contributed by atoms with Crippen molar-refractivity contribution in [2.24, 2.45) is 0 Å². The molecule has 0 rings (SSSR count). The van der Waals surface area contributed by atoms with Crippen LogP contribution in [-0.4, -0.2) is 71.2 Å². The number of likely N-dealkylation sites (N-methyl/N-ethyl adjacent to an activating group) is 1. The molecule has 0 aromatic rings. The Morgan fingerprint density at radius 2 is 0.865 bits per heavy atom. The maximum absolute atomic E-state index is 12.6. The summed E-state index contributed by atoms with van der Waals surface area (Å²) in [7, 11) is 1.63. The fourth-order valence-electron chi connectivity index (χ4n) is 6.79. The summed E-state index contributed by atoms with van der Waals surface area (Å²) in [6.45, 7) is 7.49. The maximum atomic E-state index is 12.6. The van der Waals surface area contributed by atoms with Crippen LogP contribution >= 0.6 is 7.82 Å². The lowest BCUT2D eigenvalue weighted by molar-refractivity contribution is -0.870. The Kier molecular flexibility index (Phi) is 39.2. The first kappa shape index (κ1) is 52.0. The summed E-state index contributed by atoms with van der Waals surface area (Å²) in [6.07, 6.45) is 42.6. The van der Waals surface area contributed by atoms with Crippen LogP contribution in [0.25, 0.3) is 0 Å². The van der Waals surface area contributed by atoms with E-state index in [1.807, 2.05) is 21.1 Å². The molecule has 0 aliphatic heterocycles. The van der Waals surface area contributed by atoms with Crippen LogP contribution in [0.1, 0.15) is 219 Å². The molecule has 2 atom stereocenters. The van der Waals surface area contributed by atoms with Crippen LogP contribution in [0.15, 0.2) is 0 Å². The molecule has 314 valence electrons. The minimum atomic E-state index is -4.40. The van der Waals surface area contributed by atoms with Gasteiger partial charge in [0.2, 0.25) is 0 Å². The topological polar surface area (TPSA) is 79.9 Å². The highest BCUT2D eigenvalue weighted by Gasteiger charge is 2.20. The third-order valence-electron chi connectivity index (χ3n) is 10.3. The van der Waals surface area contributed by atoms with E-state index in [1.54, 1.807) is 0 Å². The van der Waals surface area contributed by atoms with E-state index >= 15 is 0 Å². The van der Waals surface area contributed by atoms with Crippen LogP contribution < -0.4 is 10.2 Å². The van der Waals surface area contributed by atoms with Gasteiger partial charge in [0.15, 0.2) is 0 Å². The number of hydrogen-bond acceptors (Lipinski definition) is 6. The van der Waals surface area contributed by atoms with Gasteiger partial charge < -0.3 is 28.5 Å². The predicted molar refractivity (Wildman–Crippen MR) is 224 cm³/mol. The normalized spacial score (nSPS) is 13.9. The van der Waals surface area contributed by atoms with Crippen molar-refractivity contribution >= 4 is 7.82 Å². The van der Waals surface area contributed by atoms with E-state index in [2.05, 4.69) is 19.2 Å². The Labute approximate surface area is 326 Å². The largest absolute Gasteiger partial charge is 0.756 e. The number of quaternary nitrogens is 1. The lowest BCUT2D eigenvalue weighted by Crippen LogP contribution is -2.38. The highest BCUT2D eigenvalue weighted by molar-refractivity contribution is 7.45. The molecule has 0 saturated heterocycles. The Morgan fingerprint density at radius 1 is 0.519 bits per heavy atom. The van der Waals surface area contributed by atoms with E-state index in [0.29, 0.717) is 24.2 Å². The van der Waals surface area contributed by atoms with E-state index < -0.39 is 13.9 Å². The Balaban J connectivity index is 3.99. The molecule has 0 amide bonds. The van der Waals surface area contributed by atoms with Crippen molar-refractivity contribution in [3.05, 3.63) is 0 Å². The number of unbranched alkanes of at least 4 members (excludes halogenated alkanes) is 30. The molecule has 0 bridgehead atoms. The third-order valence-corrected chi connectivity index (χ3v) is 11.4. The van der Waals surface area contributed by atoms with Crippen LogP contribution in [0.4, 0.5) is 0 Å². The van der Waals surface area contributed by atoms with Gasteiger partial charge in [-0.2, -0.15) is 0 Å². The average molecular weight is 761 g/mol. The van der Waals surface area contributed by atoms with Gasteiger partial charge in [-0.3, -0.25) is 4.57 Å². The predicted octanol–water partition coefficient (Wildman–Crippen LogP) is 12.7. The number of ether oxygens (including phenoxy) is 1. The summed E-state index contributed by atoms with van der Waals surface area (Å²) < 4.78 is 29.9. The van der Waals surface area contributed by atoms with Gasteiger partial charge in [0.1, 0.15) is 19.3 Å². The van der Waals surface area contributed by atoms with E-state index in [0.717, 1.165) is 25.8 Å². The second-order valence-corrected chi connectivity index (χ2v) is 18.3. The Morgan fingerprint density at radius 3 is 1.23 bits per heavy atom. The second-order valence-electron chi connectivity index (χ2n) is 16.9. The molecule has 0 aromatic carbocycles. The van der Waals surface area contributed by atoms with Gasteiger partial charge in [0.05, 0.1) is 27.7 Å². The van der Waals surface area contributed by atoms with Crippen molar-refractivity contribution in [3.63, 3.8) is 0 Å². The lowest BCUT2D eigenvalue weighted by atomic mass is 10.0. The first-order valence-electron chi connectivity index (χ1n) is 22.9.